The highest BCUT2D eigenvalue weighted by atomic mass is 127. The monoisotopic (exact) mass is 512 g/mol. The number of aromatic nitrogens is 3. The first-order valence-electron chi connectivity index (χ1n) is 9.51. The van der Waals surface area contributed by atoms with Gasteiger partial charge in [0.2, 0.25) is 0 Å². The first-order valence-corrected chi connectivity index (χ1v) is 10.3. The number of halogens is 1. The highest BCUT2D eigenvalue weighted by molar-refractivity contribution is 14.0. The molecular formula is C20H29IN6S. The molecule has 28 heavy (non-hydrogen) atoms. The Bertz CT molecular complexity index is 901. The Kier molecular flexibility index (Phi) is 9.17. The number of aryl methyl sites for hydroxylation is 3. The van der Waals surface area contributed by atoms with E-state index in [0.717, 1.165) is 56.2 Å². The summed E-state index contributed by atoms with van der Waals surface area (Å²) in [6.45, 7) is 6.87. The molecule has 6 nitrogen and oxygen atoms in total. The van der Waals surface area contributed by atoms with Gasteiger partial charge in [-0.1, -0.05) is 19.1 Å². The fourth-order valence-electron chi connectivity index (χ4n) is 3.06. The van der Waals surface area contributed by atoms with Crippen molar-refractivity contribution in [1.82, 2.24) is 25.2 Å². The Morgan fingerprint density at radius 1 is 1.21 bits per heavy atom. The van der Waals surface area contributed by atoms with Crippen molar-refractivity contribution in [3.8, 4) is 0 Å². The molecule has 0 atom stereocenters. The van der Waals surface area contributed by atoms with E-state index in [9.17, 15) is 0 Å². The van der Waals surface area contributed by atoms with Gasteiger partial charge in [0.05, 0.1) is 16.0 Å². The maximum Gasteiger partial charge on any atom is 0.190 e. The molecule has 0 saturated carbocycles. The number of para-hydroxylation sites is 2. The summed E-state index contributed by atoms with van der Waals surface area (Å²) in [5, 5.41) is 7.93. The third-order valence-corrected chi connectivity index (χ3v) is 5.70. The average Bonchev–Trinajstić information content (AvgIpc) is 3.27. The molecule has 0 aliphatic carbocycles. The molecule has 3 aromatic rings. The van der Waals surface area contributed by atoms with E-state index in [2.05, 4.69) is 62.2 Å². The van der Waals surface area contributed by atoms with Crippen molar-refractivity contribution < 1.29 is 0 Å². The zero-order chi connectivity index (χ0) is 19.1. The van der Waals surface area contributed by atoms with E-state index in [1.165, 1.54) is 15.4 Å². The first-order chi connectivity index (χ1) is 13.2. The highest BCUT2D eigenvalue weighted by Gasteiger charge is 2.06. The predicted octanol–water partition coefficient (Wildman–Crippen LogP) is 3.78. The minimum absolute atomic E-state index is 0. The lowest BCUT2D eigenvalue weighted by molar-refractivity contribution is 0.624. The van der Waals surface area contributed by atoms with Crippen molar-refractivity contribution in [3.63, 3.8) is 0 Å². The summed E-state index contributed by atoms with van der Waals surface area (Å²) in [4.78, 5) is 14.7. The number of hydrogen-bond acceptors (Lipinski definition) is 4. The topological polar surface area (TPSA) is 67.1 Å². The minimum atomic E-state index is 0. The lowest BCUT2D eigenvalue weighted by atomic mass is 10.3. The third-order valence-electron chi connectivity index (χ3n) is 4.50. The molecule has 1 aromatic carbocycles. The van der Waals surface area contributed by atoms with Gasteiger partial charge in [0, 0.05) is 44.2 Å². The molecule has 2 N–H and O–H groups in total. The Morgan fingerprint density at radius 2 is 2.00 bits per heavy atom. The largest absolute Gasteiger partial charge is 0.356 e. The number of thiazole rings is 1. The van der Waals surface area contributed by atoms with E-state index in [-0.39, 0.29) is 24.0 Å². The minimum Gasteiger partial charge on any atom is -0.356 e. The van der Waals surface area contributed by atoms with Gasteiger partial charge in [0.15, 0.2) is 5.96 Å². The molecule has 8 heteroatoms. The third kappa shape index (κ3) is 5.91. The quantitative estimate of drug-likeness (QED) is 0.209. The van der Waals surface area contributed by atoms with Crippen LogP contribution in [0, 0.1) is 6.92 Å². The van der Waals surface area contributed by atoms with Gasteiger partial charge in [0.25, 0.3) is 0 Å². The average molecular weight is 512 g/mol. The van der Waals surface area contributed by atoms with Gasteiger partial charge in [-0.15, -0.1) is 35.3 Å². The molecule has 0 saturated heterocycles. The van der Waals surface area contributed by atoms with Gasteiger partial charge < -0.3 is 15.2 Å². The number of benzene rings is 1. The van der Waals surface area contributed by atoms with Gasteiger partial charge in [-0.25, -0.2) is 9.97 Å². The van der Waals surface area contributed by atoms with Crippen LogP contribution in [0.4, 0.5) is 0 Å². The van der Waals surface area contributed by atoms with Gasteiger partial charge in [-0.2, -0.15) is 0 Å². The maximum atomic E-state index is 4.62. The molecule has 3 rings (SSSR count). The summed E-state index contributed by atoms with van der Waals surface area (Å²) in [6.07, 6.45) is 4.97. The predicted molar refractivity (Wildman–Crippen MR) is 129 cm³/mol. The molecule has 0 spiro atoms. The normalized spacial score (nSPS) is 11.5. The van der Waals surface area contributed by atoms with Crippen molar-refractivity contribution in [2.24, 2.45) is 4.99 Å². The first kappa shape index (κ1) is 22.6. The summed E-state index contributed by atoms with van der Waals surface area (Å²) < 4.78 is 2.28. The van der Waals surface area contributed by atoms with Gasteiger partial charge in [0.1, 0.15) is 5.82 Å². The van der Waals surface area contributed by atoms with Crippen molar-refractivity contribution in [3.05, 3.63) is 46.2 Å². The number of imidazole rings is 1. The number of nitrogens with one attached hydrogen (secondary N) is 2. The van der Waals surface area contributed by atoms with Crippen LogP contribution in [0.1, 0.15) is 29.1 Å². The van der Waals surface area contributed by atoms with E-state index < -0.39 is 0 Å². The molecule has 0 aliphatic heterocycles. The van der Waals surface area contributed by atoms with Crippen LogP contribution in [0.2, 0.25) is 0 Å². The van der Waals surface area contributed by atoms with Crippen molar-refractivity contribution in [1.29, 1.82) is 0 Å². The smallest absolute Gasteiger partial charge is 0.190 e. The van der Waals surface area contributed by atoms with E-state index >= 15 is 0 Å². The molecule has 0 unspecified atom stereocenters. The van der Waals surface area contributed by atoms with Crippen LogP contribution in [0.3, 0.4) is 0 Å². The second kappa shape index (κ2) is 11.4. The van der Waals surface area contributed by atoms with Crippen LogP contribution in [-0.2, 0) is 19.4 Å². The molecule has 0 aliphatic rings. The lowest BCUT2D eigenvalue weighted by Crippen LogP contribution is -2.39. The number of rotatable bonds is 8. The Hall–Kier alpha value is -1.68. The summed E-state index contributed by atoms with van der Waals surface area (Å²) in [6, 6.07) is 8.29. The fraction of sp³-hybridized carbons (Fsp3) is 0.450. The molecule has 0 bridgehead atoms. The summed E-state index contributed by atoms with van der Waals surface area (Å²) in [5.74, 6) is 1.91. The van der Waals surface area contributed by atoms with E-state index in [4.69, 9.17) is 0 Å². The molecule has 0 fully saturated rings. The van der Waals surface area contributed by atoms with Gasteiger partial charge >= 0.3 is 0 Å². The van der Waals surface area contributed by atoms with Crippen molar-refractivity contribution in [2.75, 3.05) is 20.1 Å². The second-order valence-corrected chi connectivity index (χ2v) is 7.60. The van der Waals surface area contributed by atoms with E-state index in [0.29, 0.717) is 0 Å². The van der Waals surface area contributed by atoms with Gasteiger partial charge in [-0.05, 0) is 31.9 Å². The summed E-state index contributed by atoms with van der Waals surface area (Å²) in [5.41, 5.74) is 2.27. The number of fused-ring (bicyclic) bond motifs is 1. The summed E-state index contributed by atoms with van der Waals surface area (Å²) in [7, 11) is 1.81. The lowest BCUT2D eigenvalue weighted by Gasteiger charge is -2.12. The zero-order valence-corrected chi connectivity index (χ0v) is 19.9. The molecule has 152 valence electrons. The SMILES string of the molecule is CCc1cnc(CCNC(=NC)NCCCn2c(C)nc3ccccc32)s1.I. The number of hydrogen-bond donors (Lipinski definition) is 2. The van der Waals surface area contributed by atoms with Crippen LogP contribution in [0.15, 0.2) is 35.5 Å². The molecular weight excluding hydrogens is 483 g/mol. The molecule has 0 radical (unpaired) electrons. The van der Waals surface area contributed by atoms with E-state index in [1.807, 2.05) is 12.3 Å². The molecule has 2 heterocycles. The second-order valence-electron chi connectivity index (χ2n) is 6.40. The highest BCUT2D eigenvalue weighted by Crippen LogP contribution is 2.15. The van der Waals surface area contributed by atoms with Crippen LogP contribution in [-0.4, -0.2) is 40.6 Å². The van der Waals surface area contributed by atoms with Crippen molar-refractivity contribution >= 4 is 52.3 Å². The van der Waals surface area contributed by atoms with E-state index in [1.54, 1.807) is 18.4 Å². The number of nitrogens with zero attached hydrogens (tertiary/aromatic N) is 4. The van der Waals surface area contributed by atoms with Gasteiger partial charge in [-0.3, -0.25) is 4.99 Å². The Labute approximate surface area is 187 Å². The van der Waals surface area contributed by atoms with Crippen LogP contribution < -0.4 is 10.6 Å². The van der Waals surface area contributed by atoms with Crippen LogP contribution >= 0.6 is 35.3 Å². The number of guanidine groups is 1. The van der Waals surface area contributed by atoms with Crippen LogP contribution in [0.25, 0.3) is 11.0 Å². The van der Waals surface area contributed by atoms with Crippen LogP contribution in [0.5, 0.6) is 0 Å². The Morgan fingerprint density at radius 3 is 2.75 bits per heavy atom. The Balaban J connectivity index is 0.00000280. The molecule has 0 amide bonds. The zero-order valence-electron chi connectivity index (χ0n) is 16.7. The standard InChI is InChI=1S/C20H28N6S.HI/c1-4-16-14-24-19(27-16)10-12-23-20(21-3)22-11-7-13-26-15(2)25-17-8-5-6-9-18(17)26;/h5-6,8-9,14H,4,7,10-13H2,1-3H3,(H2,21,22,23);1H. The summed E-state index contributed by atoms with van der Waals surface area (Å²) >= 11 is 1.79. The van der Waals surface area contributed by atoms with Crippen molar-refractivity contribution in [2.45, 2.75) is 39.7 Å². The maximum absolute atomic E-state index is 4.62. The molecule has 2 aromatic heterocycles. The fourth-order valence-corrected chi connectivity index (χ4v) is 3.92. The number of aliphatic imine (C=N–C) groups is 1.